The summed E-state index contributed by atoms with van der Waals surface area (Å²) in [6.45, 7) is 4.08. The summed E-state index contributed by atoms with van der Waals surface area (Å²) in [6, 6.07) is 10.8. The Morgan fingerprint density at radius 1 is 1.20 bits per heavy atom. The lowest BCUT2D eigenvalue weighted by atomic mass is 9.96. The molecule has 0 aliphatic heterocycles. The van der Waals surface area contributed by atoms with Crippen molar-refractivity contribution >= 4 is 15.9 Å². The number of hydrazine groups is 1. The van der Waals surface area contributed by atoms with E-state index in [4.69, 9.17) is 5.84 Å². The van der Waals surface area contributed by atoms with E-state index in [1.54, 1.807) is 12.1 Å². The van der Waals surface area contributed by atoms with E-state index in [0.717, 1.165) is 21.2 Å². The van der Waals surface area contributed by atoms with Gasteiger partial charge in [-0.15, -0.1) is 0 Å². The van der Waals surface area contributed by atoms with Gasteiger partial charge >= 0.3 is 0 Å². The minimum atomic E-state index is -0.196. The molecule has 20 heavy (non-hydrogen) atoms. The van der Waals surface area contributed by atoms with Crippen molar-refractivity contribution in [1.29, 1.82) is 0 Å². The molecule has 0 amide bonds. The van der Waals surface area contributed by atoms with Gasteiger partial charge in [0.25, 0.3) is 0 Å². The SMILES string of the molecule is Cc1cc(C(Cc2ccccc2F)NN)cc(C)c1Br. The molecule has 106 valence electrons. The zero-order chi connectivity index (χ0) is 14.7. The molecule has 0 aliphatic carbocycles. The number of aryl methyl sites for hydroxylation is 2. The molecule has 0 spiro atoms. The van der Waals surface area contributed by atoms with Gasteiger partial charge in [0.1, 0.15) is 5.82 Å². The van der Waals surface area contributed by atoms with E-state index in [1.165, 1.54) is 6.07 Å². The molecular formula is C16H18BrFN2. The predicted molar refractivity (Wildman–Crippen MR) is 83.8 cm³/mol. The van der Waals surface area contributed by atoms with Gasteiger partial charge in [-0.05, 0) is 48.6 Å². The van der Waals surface area contributed by atoms with Gasteiger partial charge in [-0.2, -0.15) is 0 Å². The van der Waals surface area contributed by atoms with Crippen LogP contribution in [0.5, 0.6) is 0 Å². The average molecular weight is 337 g/mol. The van der Waals surface area contributed by atoms with Crippen molar-refractivity contribution in [3.8, 4) is 0 Å². The molecule has 1 atom stereocenters. The van der Waals surface area contributed by atoms with E-state index in [0.29, 0.717) is 12.0 Å². The second-order valence-electron chi connectivity index (χ2n) is 4.98. The number of rotatable bonds is 4. The van der Waals surface area contributed by atoms with Gasteiger partial charge in [0.2, 0.25) is 0 Å². The van der Waals surface area contributed by atoms with Gasteiger partial charge in [-0.25, -0.2) is 4.39 Å². The Hall–Kier alpha value is -1.23. The van der Waals surface area contributed by atoms with Crippen LogP contribution in [0.15, 0.2) is 40.9 Å². The summed E-state index contributed by atoms with van der Waals surface area (Å²) in [5, 5.41) is 0. The Kier molecular flexibility index (Phi) is 4.91. The normalized spacial score (nSPS) is 12.4. The molecule has 4 heteroatoms. The molecule has 0 aliphatic rings. The van der Waals surface area contributed by atoms with Crippen LogP contribution in [-0.4, -0.2) is 0 Å². The zero-order valence-corrected chi connectivity index (χ0v) is 13.2. The van der Waals surface area contributed by atoms with Crippen LogP contribution in [0, 0.1) is 19.7 Å². The number of benzene rings is 2. The quantitative estimate of drug-likeness (QED) is 0.655. The van der Waals surface area contributed by atoms with E-state index in [-0.39, 0.29) is 11.9 Å². The van der Waals surface area contributed by atoms with Crippen LogP contribution in [0.25, 0.3) is 0 Å². The smallest absolute Gasteiger partial charge is 0.126 e. The minimum absolute atomic E-state index is 0.114. The average Bonchev–Trinajstić information content (AvgIpc) is 2.43. The fourth-order valence-electron chi connectivity index (χ4n) is 2.34. The van der Waals surface area contributed by atoms with Crippen LogP contribution < -0.4 is 11.3 Å². The standard InChI is InChI=1S/C16H18BrFN2/c1-10-7-13(8-11(2)16(10)17)15(20-19)9-12-5-3-4-6-14(12)18/h3-8,15,20H,9,19H2,1-2H3. The topological polar surface area (TPSA) is 38.0 Å². The molecule has 2 rings (SSSR count). The fourth-order valence-corrected chi connectivity index (χ4v) is 2.57. The molecule has 0 heterocycles. The first kappa shape index (κ1) is 15.2. The first-order chi connectivity index (χ1) is 9.52. The fraction of sp³-hybridized carbons (Fsp3) is 0.250. The first-order valence-corrected chi connectivity index (χ1v) is 7.28. The number of nitrogens with one attached hydrogen (secondary N) is 1. The van der Waals surface area contributed by atoms with E-state index in [2.05, 4.69) is 33.5 Å². The van der Waals surface area contributed by atoms with Gasteiger partial charge in [0, 0.05) is 4.47 Å². The van der Waals surface area contributed by atoms with Crippen LogP contribution in [0.1, 0.15) is 28.3 Å². The molecule has 0 radical (unpaired) electrons. The number of hydrogen-bond donors (Lipinski definition) is 2. The minimum Gasteiger partial charge on any atom is -0.271 e. The summed E-state index contributed by atoms with van der Waals surface area (Å²) in [4.78, 5) is 0. The zero-order valence-electron chi connectivity index (χ0n) is 11.6. The number of nitrogens with two attached hydrogens (primary N) is 1. The summed E-state index contributed by atoms with van der Waals surface area (Å²) in [5.74, 6) is 5.46. The lowest BCUT2D eigenvalue weighted by molar-refractivity contribution is 0.528. The van der Waals surface area contributed by atoms with Crippen LogP contribution in [0.2, 0.25) is 0 Å². The molecule has 2 aromatic carbocycles. The summed E-state index contributed by atoms with van der Waals surface area (Å²) in [7, 11) is 0. The summed E-state index contributed by atoms with van der Waals surface area (Å²) >= 11 is 3.55. The third-order valence-electron chi connectivity index (χ3n) is 3.44. The van der Waals surface area contributed by atoms with Gasteiger partial charge in [0.15, 0.2) is 0 Å². The predicted octanol–water partition coefficient (Wildman–Crippen LogP) is 3.95. The molecule has 1 unspecified atom stereocenters. The van der Waals surface area contributed by atoms with E-state index < -0.39 is 0 Å². The Bertz CT molecular complexity index is 590. The summed E-state index contributed by atoms with van der Waals surface area (Å²) < 4.78 is 14.8. The maximum Gasteiger partial charge on any atom is 0.126 e. The van der Waals surface area contributed by atoms with Gasteiger partial charge in [-0.1, -0.05) is 46.3 Å². The van der Waals surface area contributed by atoms with E-state index in [9.17, 15) is 4.39 Å². The first-order valence-electron chi connectivity index (χ1n) is 6.49. The molecule has 3 N–H and O–H groups in total. The van der Waals surface area contributed by atoms with E-state index >= 15 is 0 Å². The summed E-state index contributed by atoms with van der Waals surface area (Å²) in [5.41, 5.74) is 6.80. The molecule has 0 saturated carbocycles. The summed E-state index contributed by atoms with van der Waals surface area (Å²) in [6.07, 6.45) is 0.518. The highest BCUT2D eigenvalue weighted by Crippen LogP contribution is 2.27. The van der Waals surface area contributed by atoms with Gasteiger partial charge < -0.3 is 0 Å². The molecule has 0 fully saturated rings. The van der Waals surface area contributed by atoms with Gasteiger partial charge in [-0.3, -0.25) is 11.3 Å². The van der Waals surface area contributed by atoms with Crippen LogP contribution >= 0.6 is 15.9 Å². The number of hydrogen-bond acceptors (Lipinski definition) is 2. The molecular weight excluding hydrogens is 319 g/mol. The lowest BCUT2D eigenvalue weighted by Gasteiger charge is -2.19. The highest BCUT2D eigenvalue weighted by molar-refractivity contribution is 9.10. The second kappa shape index (κ2) is 6.48. The van der Waals surface area contributed by atoms with E-state index in [1.807, 2.05) is 19.9 Å². The third-order valence-corrected chi connectivity index (χ3v) is 4.70. The van der Waals surface area contributed by atoms with Crippen molar-refractivity contribution in [2.24, 2.45) is 5.84 Å². The largest absolute Gasteiger partial charge is 0.271 e. The monoisotopic (exact) mass is 336 g/mol. The Morgan fingerprint density at radius 2 is 1.80 bits per heavy atom. The highest BCUT2D eigenvalue weighted by Gasteiger charge is 2.15. The maximum absolute atomic E-state index is 13.7. The molecule has 0 bridgehead atoms. The van der Waals surface area contributed by atoms with Crippen molar-refractivity contribution in [3.63, 3.8) is 0 Å². The lowest BCUT2D eigenvalue weighted by Crippen LogP contribution is -2.30. The Balaban J connectivity index is 2.31. The van der Waals surface area contributed by atoms with Crippen LogP contribution in [0.4, 0.5) is 4.39 Å². The Labute approximate surface area is 127 Å². The molecule has 2 nitrogen and oxygen atoms in total. The van der Waals surface area contributed by atoms with Gasteiger partial charge in [0.05, 0.1) is 6.04 Å². The maximum atomic E-state index is 13.7. The van der Waals surface area contributed by atoms with Crippen molar-refractivity contribution < 1.29 is 4.39 Å². The molecule has 2 aromatic rings. The van der Waals surface area contributed by atoms with Crippen LogP contribution in [-0.2, 0) is 6.42 Å². The second-order valence-corrected chi connectivity index (χ2v) is 5.78. The van der Waals surface area contributed by atoms with Crippen molar-refractivity contribution in [2.45, 2.75) is 26.3 Å². The Morgan fingerprint density at radius 3 is 2.35 bits per heavy atom. The molecule has 0 saturated heterocycles. The van der Waals surface area contributed by atoms with Crippen molar-refractivity contribution in [2.75, 3.05) is 0 Å². The van der Waals surface area contributed by atoms with Crippen molar-refractivity contribution in [3.05, 3.63) is 68.9 Å². The van der Waals surface area contributed by atoms with Crippen molar-refractivity contribution in [1.82, 2.24) is 5.43 Å². The highest BCUT2D eigenvalue weighted by atomic mass is 79.9. The van der Waals surface area contributed by atoms with Crippen LogP contribution in [0.3, 0.4) is 0 Å². The molecule has 0 aromatic heterocycles. The number of halogens is 2. The third kappa shape index (κ3) is 3.26.